The van der Waals surface area contributed by atoms with Gasteiger partial charge in [0, 0.05) is 18.8 Å². The molecule has 0 saturated heterocycles. The second-order valence-corrected chi connectivity index (χ2v) is 6.20. The van der Waals surface area contributed by atoms with E-state index in [9.17, 15) is 14.4 Å². The van der Waals surface area contributed by atoms with Crippen LogP contribution in [0, 0.1) is 0 Å². The Bertz CT molecular complexity index is 615. The lowest BCUT2D eigenvalue weighted by Gasteiger charge is -2.22. The van der Waals surface area contributed by atoms with Crippen molar-refractivity contribution in [3.05, 3.63) is 23.5 Å². The van der Waals surface area contributed by atoms with Crippen LogP contribution in [0.3, 0.4) is 0 Å². The van der Waals surface area contributed by atoms with Crippen LogP contribution in [0.25, 0.3) is 0 Å². The van der Waals surface area contributed by atoms with Crippen molar-refractivity contribution in [1.29, 1.82) is 0 Å². The molecule has 8 nitrogen and oxygen atoms in total. The third-order valence-electron chi connectivity index (χ3n) is 3.11. The summed E-state index contributed by atoms with van der Waals surface area (Å²) in [5, 5.41) is 2.62. The Labute approximate surface area is 141 Å². The molecule has 1 N–H and O–H groups in total. The molecule has 1 atom stereocenters. The van der Waals surface area contributed by atoms with Gasteiger partial charge in [-0.05, 0) is 33.8 Å². The Morgan fingerprint density at radius 1 is 1.17 bits per heavy atom. The smallest absolute Gasteiger partial charge is 0.407 e. The molecule has 1 aromatic rings. The molecular weight excluding hydrogens is 316 g/mol. The monoisotopic (exact) mass is 340 g/mol. The van der Waals surface area contributed by atoms with E-state index in [4.69, 9.17) is 9.47 Å². The van der Waals surface area contributed by atoms with Crippen molar-refractivity contribution in [1.82, 2.24) is 9.88 Å². The first-order valence-electron chi connectivity index (χ1n) is 7.45. The van der Waals surface area contributed by atoms with Crippen LogP contribution in [0.5, 0.6) is 0 Å². The van der Waals surface area contributed by atoms with E-state index in [-0.39, 0.29) is 23.8 Å². The van der Waals surface area contributed by atoms with Crippen LogP contribution in [0.2, 0.25) is 0 Å². The second kappa shape index (κ2) is 7.85. The second-order valence-electron chi connectivity index (χ2n) is 6.20. The maximum atomic E-state index is 12.0. The number of aromatic nitrogens is 1. The first-order valence-corrected chi connectivity index (χ1v) is 7.45. The number of rotatable bonds is 5. The van der Waals surface area contributed by atoms with Crippen molar-refractivity contribution in [3.8, 4) is 0 Å². The Balaban J connectivity index is 2.92. The van der Waals surface area contributed by atoms with E-state index in [0.717, 1.165) is 0 Å². The van der Waals surface area contributed by atoms with E-state index in [1.54, 1.807) is 38.5 Å². The molecule has 1 aromatic heterocycles. The number of esters is 2. The van der Waals surface area contributed by atoms with Gasteiger partial charge in [-0.15, -0.1) is 0 Å². The Kier molecular flexibility index (Phi) is 6.39. The average Bonchev–Trinajstić information content (AvgIpc) is 2.94. The summed E-state index contributed by atoms with van der Waals surface area (Å²) in [7, 11) is 2.46. The maximum Gasteiger partial charge on any atom is 0.407 e. The van der Waals surface area contributed by atoms with Gasteiger partial charge in [0.25, 0.3) is 0 Å². The number of amides is 1. The number of carbonyl (C=O) groups is 3. The first-order chi connectivity index (χ1) is 11.1. The van der Waals surface area contributed by atoms with E-state index in [1.807, 2.05) is 0 Å². The molecule has 1 amide bonds. The van der Waals surface area contributed by atoms with Gasteiger partial charge in [-0.25, -0.2) is 14.4 Å². The summed E-state index contributed by atoms with van der Waals surface area (Å²) in [5.41, 5.74) is -0.424. The molecule has 1 heterocycles. The van der Waals surface area contributed by atoms with Gasteiger partial charge in [0.2, 0.25) is 0 Å². The largest absolute Gasteiger partial charge is 0.465 e. The first kappa shape index (κ1) is 19.5. The van der Waals surface area contributed by atoms with Gasteiger partial charge in [0.15, 0.2) is 0 Å². The molecule has 1 rings (SSSR count). The zero-order chi connectivity index (χ0) is 18.5. The molecule has 134 valence electrons. The summed E-state index contributed by atoms with van der Waals surface area (Å²) < 4.78 is 16.1. The van der Waals surface area contributed by atoms with Crippen LogP contribution < -0.4 is 5.32 Å². The minimum absolute atomic E-state index is 0.0721. The topological polar surface area (TPSA) is 95.9 Å². The fourth-order valence-corrected chi connectivity index (χ4v) is 2.04. The molecule has 0 unspecified atom stereocenters. The molecule has 0 aromatic carbocycles. The van der Waals surface area contributed by atoms with E-state index in [1.165, 1.54) is 20.3 Å². The number of methoxy groups -OCH3 is 2. The summed E-state index contributed by atoms with van der Waals surface area (Å²) >= 11 is 0. The summed E-state index contributed by atoms with van der Waals surface area (Å²) in [4.78, 5) is 35.5. The van der Waals surface area contributed by atoms with Gasteiger partial charge in [-0.1, -0.05) is 0 Å². The van der Waals surface area contributed by atoms with Gasteiger partial charge in [-0.2, -0.15) is 0 Å². The van der Waals surface area contributed by atoms with Crippen LogP contribution in [0.1, 0.15) is 54.6 Å². The summed E-state index contributed by atoms with van der Waals surface area (Å²) in [6.07, 6.45) is 1.01. The number of nitrogens with one attached hydrogen (secondary N) is 1. The van der Waals surface area contributed by atoms with E-state index >= 15 is 0 Å². The van der Waals surface area contributed by atoms with Crippen LogP contribution >= 0.6 is 0 Å². The van der Waals surface area contributed by atoms with Crippen molar-refractivity contribution in [2.24, 2.45) is 0 Å². The SMILES string of the molecule is COC(=O)c1ccn([C@@H](C)CNC(=O)OC(C)(C)C)c1C(=O)OC. The normalized spacial score (nSPS) is 12.2. The highest BCUT2D eigenvalue weighted by Crippen LogP contribution is 2.19. The van der Waals surface area contributed by atoms with Gasteiger partial charge in [0.1, 0.15) is 11.3 Å². The Morgan fingerprint density at radius 2 is 1.75 bits per heavy atom. The molecule has 24 heavy (non-hydrogen) atoms. The van der Waals surface area contributed by atoms with Gasteiger partial charge < -0.3 is 24.1 Å². The average molecular weight is 340 g/mol. The van der Waals surface area contributed by atoms with Crippen LogP contribution in [-0.2, 0) is 14.2 Å². The molecule has 0 saturated carbocycles. The van der Waals surface area contributed by atoms with Crippen molar-refractivity contribution in [3.63, 3.8) is 0 Å². The van der Waals surface area contributed by atoms with Crippen LogP contribution in [0.4, 0.5) is 4.79 Å². The molecular formula is C16H24N2O6. The minimum Gasteiger partial charge on any atom is -0.465 e. The van der Waals surface area contributed by atoms with E-state index < -0.39 is 23.6 Å². The lowest BCUT2D eigenvalue weighted by Crippen LogP contribution is -2.35. The fraction of sp³-hybridized carbons (Fsp3) is 0.562. The van der Waals surface area contributed by atoms with Crippen LogP contribution in [0.15, 0.2) is 12.3 Å². The molecule has 8 heteroatoms. The van der Waals surface area contributed by atoms with Gasteiger partial charge >= 0.3 is 18.0 Å². The molecule has 0 aliphatic carbocycles. The zero-order valence-electron chi connectivity index (χ0n) is 14.8. The summed E-state index contributed by atoms with van der Waals surface area (Å²) in [6, 6.07) is 1.16. The maximum absolute atomic E-state index is 12.0. The predicted octanol–water partition coefficient (Wildman–Crippen LogP) is 2.15. The fourth-order valence-electron chi connectivity index (χ4n) is 2.04. The Hall–Kier alpha value is -2.51. The van der Waals surface area contributed by atoms with Gasteiger partial charge in [0.05, 0.1) is 19.8 Å². The zero-order valence-corrected chi connectivity index (χ0v) is 14.8. The molecule has 0 spiro atoms. The highest BCUT2D eigenvalue weighted by Gasteiger charge is 2.26. The molecule has 0 radical (unpaired) electrons. The van der Waals surface area contributed by atoms with Crippen molar-refractivity contribution in [2.75, 3.05) is 20.8 Å². The van der Waals surface area contributed by atoms with Crippen LogP contribution in [-0.4, -0.2) is 49.0 Å². The summed E-state index contributed by atoms with van der Waals surface area (Å²) in [5.74, 6) is -1.30. The molecule has 0 fully saturated rings. The van der Waals surface area contributed by atoms with Gasteiger partial charge in [-0.3, -0.25) is 0 Å². The standard InChI is InChI=1S/C16H24N2O6/c1-10(9-17-15(21)24-16(2,3)4)18-8-7-11(13(19)22-5)12(18)14(20)23-6/h7-8,10H,9H2,1-6H3,(H,17,21)/t10-/m0/s1. The lowest BCUT2D eigenvalue weighted by atomic mass is 10.2. The predicted molar refractivity (Wildman–Crippen MR) is 86.1 cm³/mol. The van der Waals surface area contributed by atoms with E-state index in [0.29, 0.717) is 0 Å². The quantitative estimate of drug-likeness (QED) is 0.652. The number of hydrogen-bond donors (Lipinski definition) is 1. The van der Waals surface area contributed by atoms with Crippen molar-refractivity contribution < 1.29 is 28.6 Å². The number of nitrogens with zero attached hydrogens (tertiary/aromatic N) is 1. The highest BCUT2D eigenvalue weighted by atomic mass is 16.6. The minimum atomic E-state index is -0.662. The summed E-state index contributed by atoms with van der Waals surface area (Å²) in [6.45, 7) is 7.28. The third-order valence-corrected chi connectivity index (χ3v) is 3.11. The number of carbonyl (C=O) groups excluding carboxylic acids is 3. The number of hydrogen-bond acceptors (Lipinski definition) is 6. The van der Waals surface area contributed by atoms with Crippen molar-refractivity contribution in [2.45, 2.75) is 39.3 Å². The van der Waals surface area contributed by atoms with E-state index in [2.05, 4.69) is 10.1 Å². The molecule has 0 bridgehead atoms. The molecule has 0 aliphatic rings. The number of ether oxygens (including phenoxy) is 3. The van der Waals surface area contributed by atoms with Crippen molar-refractivity contribution >= 4 is 18.0 Å². The lowest BCUT2D eigenvalue weighted by molar-refractivity contribution is 0.0517. The highest BCUT2D eigenvalue weighted by molar-refractivity contribution is 6.02. The molecule has 0 aliphatic heterocycles. The Morgan fingerprint density at radius 3 is 2.25 bits per heavy atom. The third kappa shape index (κ3) is 5.00. The number of alkyl carbamates (subject to hydrolysis) is 1.